The molecule has 2 aromatic rings. The van der Waals surface area contributed by atoms with E-state index in [4.69, 9.17) is 14.2 Å². The van der Waals surface area contributed by atoms with E-state index in [2.05, 4.69) is 29.5 Å². The highest BCUT2D eigenvalue weighted by Crippen LogP contribution is 2.49. The van der Waals surface area contributed by atoms with Gasteiger partial charge in [0.05, 0.1) is 33.2 Å². The van der Waals surface area contributed by atoms with Gasteiger partial charge in [0.25, 0.3) is 5.91 Å². The van der Waals surface area contributed by atoms with Gasteiger partial charge in [0.2, 0.25) is 5.75 Å². The molecule has 0 saturated carbocycles. The van der Waals surface area contributed by atoms with E-state index in [-0.39, 0.29) is 17.1 Å². The van der Waals surface area contributed by atoms with Gasteiger partial charge in [-0.05, 0) is 48.6 Å². The third-order valence-electron chi connectivity index (χ3n) is 6.42. The number of pyridine rings is 1. The second-order valence-electron chi connectivity index (χ2n) is 9.58. The lowest BCUT2D eigenvalue weighted by Crippen LogP contribution is -2.39. The Morgan fingerprint density at radius 2 is 1.80 bits per heavy atom. The van der Waals surface area contributed by atoms with Gasteiger partial charge in [0.15, 0.2) is 17.3 Å². The first-order chi connectivity index (χ1) is 16.7. The molecule has 4 rings (SSSR count). The molecule has 2 aliphatic rings. The molecule has 184 valence electrons. The normalized spacial score (nSPS) is 19.0. The molecule has 0 fully saturated rings. The first-order valence-corrected chi connectivity index (χ1v) is 11.4. The zero-order valence-electron chi connectivity index (χ0n) is 20.9. The Hall–Kier alpha value is -3.81. The molecule has 0 saturated heterocycles. The molecule has 0 bridgehead atoms. The number of ketones is 1. The minimum atomic E-state index is -0.611. The molecule has 1 aromatic carbocycles. The number of dihydropyridines is 1. The molecule has 8 heteroatoms. The molecule has 35 heavy (non-hydrogen) atoms. The number of methoxy groups -OCH3 is 3. The maximum absolute atomic E-state index is 13.6. The summed E-state index contributed by atoms with van der Waals surface area (Å²) < 4.78 is 16.6. The van der Waals surface area contributed by atoms with Crippen LogP contribution in [0.1, 0.15) is 45.1 Å². The minimum absolute atomic E-state index is 0.0154. The Bertz CT molecular complexity index is 1210. The number of ether oxygens (including phenoxy) is 3. The SMILES string of the molecule is COc1cc(C2C(C(=O)Nc3cccnc3)=C(C)NC3=C2C(=O)CC(C)(C)C3)cc(OC)c1OC. The van der Waals surface area contributed by atoms with Crippen molar-refractivity contribution in [3.05, 3.63) is 64.8 Å². The van der Waals surface area contributed by atoms with E-state index in [1.165, 1.54) is 7.11 Å². The van der Waals surface area contributed by atoms with Crippen molar-refractivity contribution in [3.63, 3.8) is 0 Å². The summed E-state index contributed by atoms with van der Waals surface area (Å²) in [6.07, 6.45) is 4.31. The van der Waals surface area contributed by atoms with Crippen LogP contribution in [0.25, 0.3) is 0 Å². The number of hydrogen-bond donors (Lipinski definition) is 2. The maximum atomic E-state index is 13.6. The Kier molecular flexibility index (Phi) is 6.56. The second kappa shape index (κ2) is 9.44. The molecule has 1 atom stereocenters. The first kappa shape index (κ1) is 24.3. The van der Waals surface area contributed by atoms with E-state index in [0.717, 1.165) is 5.70 Å². The highest BCUT2D eigenvalue weighted by Gasteiger charge is 2.43. The second-order valence-corrected chi connectivity index (χ2v) is 9.58. The number of carbonyl (C=O) groups excluding carboxylic acids is 2. The largest absolute Gasteiger partial charge is 0.493 e. The van der Waals surface area contributed by atoms with Crippen LogP contribution in [0.4, 0.5) is 5.69 Å². The Morgan fingerprint density at radius 1 is 1.11 bits per heavy atom. The number of hydrogen-bond acceptors (Lipinski definition) is 7. The van der Waals surface area contributed by atoms with E-state index >= 15 is 0 Å². The van der Waals surface area contributed by atoms with E-state index in [9.17, 15) is 9.59 Å². The number of benzene rings is 1. The van der Waals surface area contributed by atoms with Crippen LogP contribution in [0.3, 0.4) is 0 Å². The van der Waals surface area contributed by atoms with E-state index in [0.29, 0.717) is 58.2 Å². The van der Waals surface area contributed by atoms with E-state index < -0.39 is 5.92 Å². The number of carbonyl (C=O) groups is 2. The standard InChI is InChI=1S/C27H31N3O5/c1-15-22(26(32)30-17-8-7-9-28-14-17)23(24-18(29-15)12-27(2,3)13-19(24)31)16-10-20(33-4)25(35-6)21(11-16)34-5/h7-11,14,23,29H,12-13H2,1-6H3,(H,30,32). The van der Waals surface area contributed by atoms with Crippen LogP contribution in [0.5, 0.6) is 17.2 Å². The van der Waals surface area contributed by atoms with Gasteiger partial charge in [-0.15, -0.1) is 0 Å². The molecule has 8 nitrogen and oxygen atoms in total. The van der Waals surface area contributed by atoms with Gasteiger partial charge in [-0.1, -0.05) is 13.8 Å². The number of Topliss-reactive ketones (excluding diaryl/α,β-unsaturated/α-hetero) is 1. The molecule has 1 aliphatic carbocycles. The van der Waals surface area contributed by atoms with Crippen LogP contribution in [-0.2, 0) is 9.59 Å². The summed E-state index contributed by atoms with van der Waals surface area (Å²) in [7, 11) is 4.62. The topological polar surface area (TPSA) is 98.8 Å². The summed E-state index contributed by atoms with van der Waals surface area (Å²) in [5.41, 5.74) is 3.68. The lowest BCUT2D eigenvalue weighted by atomic mass is 9.68. The third kappa shape index (κ3) is 4.60. The van der Waals surface area contributed by atoms with Crippen molar-refractivity contribution in [3.8, 4) is 17.2 Å². The van der Waals surface area contributed by atoms with Crippen molar-refractivity contribution in [1.29, 1.82) is 0 Å². The van der Waals surface area contributed by atoms with Crippen molar-refractivity contribution >= 4 is 17.4 Å². The molecule has 2 heterocycles. The lowest BCUT2D eigenvalue weighted by Gasteiger charge is -2.39. The number of rotatable bonds is 6. The van der Waals surface area contributed by atoms with Gasteiger partial charge in [-0.2, -0.15) is 0 Å². The zero-order chi connectivity index (χ0) is 25.3. The smallest absolute Gasteiger partial charge is 0.254 e. The lowest BCUT2D eigenvalue weighted by molar-refractivity contribution is -0.118. The predicted octanol–water partition coefficient (Wildman–Crippen LogP) is 4.35. The van der Waals surface area contributed by atoms with Gasteiger partial charge in [-0.25, -0.2) is 0 Å². The molecule has 2 N–H and O–H groups in total. The number of nitrogens with one attached hydrogen (secondary N) is 2. The predicted molar refractivity (Wildman–Crippen MR) is 133 cm³/mol. The quantitative estimate of drug-likeness (QED) is 0.638. The minimum Gasteiger partial charge on any atom is -0.493 e. The molecule has 1 unspecified atom stereocenters. The van der Waals surface area contributed by atoms with Crippen LogP contribution in [0.2, 0.25) is 0 Å². The monoisotopic (exact) mass is 477 g/mol. The first-order valence-electron chi connectivity index (χ1n) is 11.4. The maximum Gasteiger partial charge on any atom is 0.254 e. The Labute approximate surface area is 205 Å². The van der Waals surface area contributed by atoms with Crippen LogP contribution in [0, 0.1) is 5.41 Å². The number of aromatic nitrogens is 1. The summed E-state index contributed by atoms with van der Waals surface area (Å²) in [6.45, 7) is 6.02. The molecule has 0 radical (unpaired) electrons. The van der Waals surface area contributed by atoms with E-state index in [1.807, 2.05) is 6.92 Å². The van der Waals surface area contributed by atoms with Crippen molar-refractivity contribution in [2.75, 3.05) is 26.6 Å². The number of anilines is 1. The summed E-state index contributed by atoms with van der Waals surface area (Å²) >= 11 is 0. The average molecular weight is 478 g/mol. The molecule has 1 aliphatic heterocycles. The molecular weight excluding hydrogens is 446 g/mol. The Morgan fingerprint density at radius 3 is 2.37 bits per heavy atom. The zero-order valence-corrected chi connectivity index (χ0v) is 20.9. The van der Waals surface area contributed by atoms with Crippen molar-refractivity contribution in [1.82, 2.24) is 10.3 Å². The average Bonchev–Trinajstić information content (AvgIpc) is 2.81. The molecule has 0 spiro atoms. The summed E-state index contributed by atoms with van der Waals surface area (Å²) in [5, 5.41) is 6.30. The van der Waals surface area contributed by atoms with Gasteiger partial charge in [0.1, 0.15) is 0 Å². The highest BCUT2D eigenvalue weighted by atomic mass is 16.5. The molecule has 1 aromatic heterocycles. The van der Waals surface area contributed by atoms with Gasteiger partial charge in [-0.3, -0.25) is 14.6 Å². The van der Waals surface area contributed by atoms with Crippen LogP contribution < -0.4 is 24.8 Å². The molecule has 1 amide bonds. The fourth-order valence-electron chi connectivity index (χ4n) is 4.97. The number of allylic oxidation sites excluding steroid dienone is 3. The number of nitrogens with zero attached hydrogens (tertiary/aromatic N) is 1. The highest BCUT2D eigenvalue weighted by molar-refractivity contribution is 6.10. The van der Waals surface area contributed by atoms with E-state index in [1.54, 1.807) is 50.9 Å². The Balaban J connectivity index is 1.90. The number of amides is 1. The summed E-state index contributed by atoms with van der Waals surface area (Å²) in [4.78, 5) is 31.3. The van der Waals surface area contributed by atoms with Crippen molar-refractivity contribution < 1.29 is 23.8 Å². The fraction of sp³-hybridized carbons (Fsp3) is 0.370. The summed E-state index contributed by atoms with van der Waals surface area (Å²) in [5.74, 6) is 0.444. The van der Waals surface area contributed by atoms with Crippen LogP contribution in [-0.4, -0.2) is 38.0 Å². The van der Waals surface area contributed by atoms with Crippen LogP contribution >= 0.6 is 0 Å². The van der Waals surface area contributed by atoms with Crippen molar-refractivity contribution in [2.24, 2.45) is 5.41 Å². The van der Waals surface area contributed by atoms with Gasteiger partial charge in [0, 0.05) is 41.1 Å². The third-order valence-corrected chi connectivity index (χ3v) is 6.42. The molecular formula is C27H31N3O5. The van der Waals surface area contributed by atoms with Gasteiger partial charge >= 0.3 is 0 Å². The van der Waals surface area contributed by atoms with Crippen molar-refractivity contribution in [2.45, 2.75) is 39.5 Å². The van der Waals surface area contributed by atoms with Crippen LogP contribution in [0.15, 0.2) is 59.2 Å². The van der Waals surface area contributed by atoms with Gasteiger partial charge < -0.3 is 24.8 Å². The fourth-order valence-corrected chi connectivity index (χ4v) is 4.97. The summed E-state index contributed by atoms with van der Waals surface area (Å²) in [6, 6.07) is 7.13.